The van der Waals surface area contributed by atoms with Crippen LogP contribution < -0.4 is 5.32 Å². The number of nitrogens with zero attached hydrogens (tertiary/aromatic N) is 2. The predicted octanol–water partition coefficient (Wildman–Crippen LogP) is 6.08. The Morgan fingerprint density at radius 3 is 2.54 bits per heavy atom. The molecular weight excluding hydrogens is 318 g/mol. The van der Waals surface area contributed by atoms with Gasteiger partial charge in [-0.15, -0.1) is 0 Å². The Kier molecular flexibility index (Phi) is 5.10. The molecule has 1 N–H and O–H groups in total. The fourth-order valence-corrected chi connectivity index (χ4v) is 3.21. The zero-order chi connectivity index (χ0) is 17.1. The molecule has 24 heavy (non-hydrogen) atoms. The third-order valence-corrected chi connectivity index (χ3v) is 4.62. The summed E-state index contributed by atoms with van der Waals surface area (Å²) in [5, 5.41) is 4.34. The van der Waals surface area contributed by atoms with Crippen LogP contribution in [-0.4, -0.2) is 9.38 Å². The molecule has 126 valence electrons. The van der Waals surface area contributed by atoms with Crippen LogP contribution in [0.3, 0.4) is 0 Å². The van der Waals surface area contributed by atoms with Crippen LogP contribution in [0.2, 0.25) is 5.02 Å². The lowest BCUT2D eigenvalue weighted by Gasteiger charge is -2.14. The van der Waals surface area contributed by atoms with Crippen LogP contribution in [0.5, 0.6) is 0 Å². The van der Waals surface area contributed by atoms with E-state index in [1.165, 1.54) is 24.0 Å². The smallest absolute Gasteiger partial charge is 0.138 e. The molecule has 0 spiro atoms. The van der Waals surface area contributed by atoms with E-state index in [2.05, 4.69) is 48.7 Å². The van der Waals surface area contributed by atoms with E-state index in [0.717, 1.165) is 35.7 Å². The highest BCUT2D eigenvalue weighted by Crippen LogP contribution is 2.29. The lowest BCUT2D eigenvalue weighted by Crippen LogP contribution is -2.02. The van der Waals surface area contributed by atoms with Crippen LogP contribution in [0.15, 0.2) is 36.5 Å². The van der Waals surface area contributed by atoms with Crippen molar-refractivity contribution in [1.29, 1.82) is 0 Å². The monoisotopic (exact) mass is 341 g/mol. The Bertz CT molecular complexity index is 831. The van der Waals surface area contributed by atoms with E-state index in [9.17, 15) is 0 Å². The summed E-state index contributed by atoms with van der Waals surface area (Å²) < 4.78 is 2.06. The molecule has 0 aliphatic rings. The van der Waals surface area contributed by atoms with Crippen molar-refractivity contribution in [3.63, 3.8) is 0 Å². The van der Waals surface area contributed by atoms with E-state index in [1.54, 1.807) is 0 Å². The SMILES string of the molecule is CCCCCc1nc2ccc(Cl)cn2c1Nc1c(C)cccc1C. The van der Waals surface area contributed by atoms with Crippen LogP contribution in [0, 0.1) is 13.8 Å². The maximum Gasteiger partial charge on any atom is 0.138 e. The van der Waals surface area contributed by atoms with Crippen LogP contribution >= 0.6 is 11.6 Å². The molecular formula is C20H24ClN3. The second kappa shape index (κ2) is 7.27. The van der Waals surface area contributed by atoms with E-state index >= 15 is 0 Å². The number of fused-ring (bicyclic) bond motifs is 1. The van der Waals surface area contributed by atoms with Gasteiger partial charge in [-0.2, -0.15) is 0 Å². The Balaban J connectivity index is 2.06. The molecule has 1 aromatic carbocycles. The molecule has 0 aliphatic heterocycles. The number of halogens is 1. The molecule has 3 nitrogen and oxygen atoms in total. The van der Waals surface area contributed by atoms with Crippen LogP contribution in [0.4, 0.5) is 11.5 Å². The summed E-state index contributed by atoms with van der Waals surface area (Å²) in [5.74, 6) is 1.03. The highest BCUT2D eigenvalue weighted by Gasteiger charge is 2.14. The van der Waals surface area contributed by atoms with E-state index in [0.29, 0.717) is 5.02 Å². The van der Waals surface area contributed by atoms with E-state index < -0.39 is 0 Å². The summed E-state index contributed by atoms with van der Waals surface area (Å²) in [6.45, 7) is 6.48. The van der Waals surface area contributed by atoms with Gasteiger partial charge in [0.05, 0.1) is 10.7 Å². The molecule has 0 fully saturated rings. The number of unbranched alkanes of at least 4 members (excludes halogenated alkanes) is 2. The van der Waals surface area contributed by atoms with E-state index in [4.69, 9.17) is 16.6 Å². The van der Waals surface area contributed by atoms with Gasteiger partial charge < -0.3 is 5.32 Å². The molecule has 0 saturated carbocycles. The van der Waals surface area contributed by atoms with Crippen LogP contribution in [0.25, 0.3) is 5.65 Å². The predicted molar refractivity (Wildman–Crippen MR) is 103 cm³/mol. The van der Waals surface area contributed by atoms with Gasteiger partial charge in [-0.3, -0.25) is 4.40 Å². The molecule has 2 aromatic heterocycles. The molecule has 0 saturated heterocycles. The number of rotatable bonds is 6. The summed E-state index contributed by atoms with van der Waals surface area (Å²) in [6.07, 6.45) is 6.48. The van der Waals surface area contributed by atoms with Gasteiger partial charge in [0.1, 0.15) is 11.5 Å². The topological polar surface area (TPSA) is 29.3 Å². The first-order chi connectivity index (χ1) is 11.6. The molecule has 0 amide bonds. The number of aryl methyl sites for hydroxylation is 3. The number of benzene rings is 1. The van der Waals surface area contributed by atoms with Gasteiger partial charge in [-0.05, 0) is 49.9 Å². The quantitative estimate of drug-likeness (QED) is 0.550. The molecule has 0 aliphatic carbocycles. The van der Waals surface area contributed by atoms with E-state index in [1.807, 2.05) is 18.3 Å². The largest absolute Gasteiger partial charge is 0.339 e. The van der Waals surface area contributed by atoms with Crippen LogP contribution in [-0.2, 0) is 6.42 Å². The molecule has 0 atom stereocenters. The van der Waals surface area contributed by atoms with Crippen molar-refractivity contribution in [1.82, 2.24) is 9.38 Å². The van der Waals surface area contributed by atoms with E-state index in [-0.39, 0.29) is 0 Å². The third-order valence-electron chi connectivity index (χ3n) is 4.40. The number of imidazole rings is 1. The Morgan fingerprint density at radius 1 is 1.08 bits per heavy atom. The Morgan fingerprint density at radius 2 is 1.83 bits per heavy atom. The number of aromatic nitrogens is 2. The average Bonchev–Trinajstić information content (AvgIpc) is 2.88. The molecule has 0 bridgehead atoms. The van der Waals surface area contributed by atoms with Gasteiger partial charge in [0.15, 0.2) is 0 Å². The van der Waals surface area contributed by atoms with Crippen molar-refractivity contribution in [2.45, 2.75) is 46.5 Å². The lowest BCUT2D eigenvalue weighted by atomic mass is 10.1. The first-order valence-electron chi connectivity index (χ1n) is 8.60. The fourth-order valence-electron chi connectivity index (χ4n) is 3.05. The van der Waals surface area contributed by atoms with Gasteiger partial charge in [-0.25, -0.2) is 4.98 Å². The molecule has 3 aromatic rings. The standard InChI is InChI=1S/C20H24ClN3/c1-4-5-6-10-17-20(23-19-14(2)8-7-9-15(19)3)24-13-16(21)11-12-18(24)22-17/h7-9,11-13,23H,4-6,10H2,1-3H3. The minimum Gasteiger partial charge on any atom is -0.339 e. The summed E-state index contributed by atoms with van der Waals surface area (Å²) >= 11 is 6.22. The molecule has 2 heterocycles. The number of anilines is 2. The number of pyridine rings is 1. The van der Waals surface area contributed by atoms with Crippen molar-refractivity contribution in [3.05, 3.63) is 58.4 Å². The molecule has 0 radical (unpaired) electrons. The van der Waals surface area contributed by atoms with Gasteiger partial charge in [0, 0.05) is 11.9 Å². The normalized spacial score (nSPS) is 11.2. The van der Waals surface area contributed by atoms with Crippen molar-refractivity contribution in [2.24, 2.45) is 0 Å². The minimum absolute atomic E-state index is 0.713. The van der Waals surface area contributed by atoms with Gasteiger partial charge in [0.2, 0.25) is 0 Å². The summed E-state index contributed by atoms with van der Waals surface area (Å²) in [7, 11) is 0. The highest BCUT2D eigenvalue weighted by atomic mass is 35.5. The first kappa shape index (κ1) is 16.8. The number of hydrogen-bond donors (Lipinski definition) is 1. The molecule has 0 unspecified atom stereocenters. The van der Waals surface area contributed by atoms with Crippen molar-refractivity contribution >= 4 is 28.8 Å². The second-order valence-corrected chi connectivity index (χ2v) is 6.77. The Labute approximate surface area is 148 Å². The number of hydrogen-bond acceptors (Lipinski definition) is 2. The highest BCUT2D eigenvalue weighted by molar-refractivity contribution is 6.30. The van der Waals surface area contributed by atoms with Crippen molar-refractivity contribution in [3.8, 4) is 0 Å². The lowest BCUT2D eigenvalue weighted by molar-refractivity contribution is 0.710. The summed E-state index contributed by atoms with van der Waals surface area (Å²) in [4.78, 5) is 4.82. The molecule has 3 rings (SSSR count). The second-order valence-electron chi connectivity index (χ2n) is 6.33. The summed E-state index contributed by atoms with van der Waals surface area (Å²) in [6, 6.07) is 10.2. The summed E-state index contributed by atoms with van der Waals surface area (Å²) in [5.41, 5.74) is 5.64. The number of para-hydroxylation sites is 1. The first-order valence-corrected chi connectivity index (χ1v) is 8.97. The zero-order valence-electron chi connectivity index (χ0n) is 14.6. The maximum atomic E-state index is 6.22. The third kappa shape index (κ3) is 3.41. The maximum absolute atomic E-state index is 6.22. The number of nitrogens with one attached hydrogen (secondary N) is 1. The van der Waals surface area contributed by atoms with Crippen molar-refractivity contribution < 1.29 is 0 Å². The average molecular weight is 342 g/mol. The van der Waals surface area contributed by atoms with Gasteiger partial charge in [0.25, 0.3) is 0 Å². The van der Waals surface area contributed by atoms with Gasteiger partial charge >= 0.3 is 0 Å². The van der Waals surface area contributed by atoms with Crippen molar-refractivity contribution in [2.75, 3.05) is 5.32 Å². The van der Waals surface area contributed by atoms with Gasteiger partial charge in [-0.1, -0.05) is 49.6 Å². The van der Waals surface area contributed by atoms with Crippen LogP contribution in [0.1, 0.15) is 43.0 Å². The minimum atomic E-state index is 0.713. The fraction of sp³-hybridized carbons (Fsp3) is 0.350. The zero-order valence-corrected chi connectivity index (χ0v) is 15.3. The molecule has 4 heteroatoms. The Hall–Kier alpha value is -2.00.